The van der Waals surface area contributed by atoms with E-state index in [4.69, 9.17) is 4.74 Å². The Balaban J connectivity index is 2.12. The second kappa shape index (κ2) is 12.2. The SMILES string of the molecule is CCCCCCCCCC(CCCCC)C1=NCCO1. The maximum Gasteiger partial charge on any atom is 0.186 e. The summed E-state index contributed by atoms with van der Waals surface area (Å²) in [5.74, 6) is 1.69. The number of aliphatic imine (C=N–C) groups is 1. The molecular formula is C18H35NO. The van der Waals surface area contributed by atoms with Crippen molar-refractivity contribution >= 4 is 5.90 Å². The summed E-state index contributed by atoms with van der Waals surface area (Å²) in [6.07, 6.45) is 16.3. The van der Waals surface area contributed by atoms with Crippen LogP contribution in [0.5, 0.6) is 0 Å². The lowest BCUT2D eigenvalue weighted by atomic mass is 9.94. The van der Waals surface area contributed by atoms with E-state index in [9.17, 15) is 0 Å². The summed E-state index contributed by atoms with van der Waals surface area (Å²) in [4.78, 5) is 4.55. The van der Waals surface area contributed by atoms with Crippen molar-refractivity contribution in [3.8, 4) is 0 Å². The molecular weight excluding hydrogens is 246 g/mol. The van der Waals surface area contributed by atoms with Crippen LogP contribution in [0.15, 0.2) is 4.99 Å². The molecule has 0 saturated carbocycles. The highest BCUT2D eigenvalue weighted by molar-refractivity contribution is 5.79. The first-order valence-corrected chi connectivity index (χ1v) is 9.05. The number of hydrogen-bond donors (Lipinski definition) is 0. The van der Waals surface area contributed by atoms with Gasteiger partial charge in [0.2, 0.25) is 0 Å². The Morgan fingerprint density at radius 2 is 1.40 bits per heavy atom. The highest BCUT2D eigenvalue weighted by Gasteiger charge is 2.19. The molecule has 2 heteroatoms. The Bertz CT molecular complexity index is 250. The van der Waals surface area contributed by atoms with Crippen molar-refractivity contribution in [2.45, 2.75) is 90.9 Å². The van der Waals surface area contributed by atoms with Crippen molar-refractivity contribution < 1.29 is 4.74 Å². The number of nitrogens with zero attached hydrogens (tertiary/aromatic N) is 1. The molecule has 0 saturated heterocycles. The van der Waals surface area contributed by atoms with Crippen LogP contribution in [0.1, 0.15) is 90.9 Å². The van der Waals surface area contributed by atoms with E-state index in [-0.39, 0.29) is 0 Å². The minimum Gasteiger partial charge on any atom is -0.479 e. The molecule has 118 valence electrons. The zero-order valence-corrected chi connectivity index (χ0v) is 13.8. The average Bonchev–Trinajstić information content (AvgIpc) is 2.98. The van der Waals surface area contributed by atoms with Gasteiger partial charge in [0, 0.05) is 5.92 Å². The molecule has 2 nitrogen and oxygen atoms in total. The van der Waals surface area contributed by atoms with Gasteiger partial charge in [0.1, 0.15) is 6.61 Å². The fraction of sp³-hybridized carbons (Fsp3) is 0.944. The van der Waals surface area contributed by atoms with E-state index in [1.165, 1.54) is 77.0 Å². The van der Waals surface area contributed by atoms with Crippen molar-refractivity contribution in [2.75, 3.05) is 13.2 Å². The van der Waals surface area contributed by atoms with Crippen molar-refractivity contribution in [2.24, 2.45) is 10.9 Å². The van der Waals surface area contributed by atoms with E-state index in [1.807, 2.05) is 0 Å². The van der Waals surface area contributed by atoms with Crippen molar-refractivity contribution in [3.63, 3.8) is 0 Å². The Labute approximate surface area is 126 Å². The monoisotopic (exact) mass is 281 g/mol. The Morgan fingerprint density at radius 3 is 2.00 bits per heavy atom. The third-order valence-electron chi connectivity index (χ3n) is 4.27. The topological polar surface area (TPSA) is 21.6 Å². The second-order valence-corrected chi connectivity index (χ2v) is 6.17. The first-order valence-electron chi connectivity index (χ1n) is 9.05. The molecule has 0 amide bonds. The molecule has 0 aromatic heterocycles. The van der Waals surface area contributed by atoms with Crippen molar-refractivity contribution in [3.05, 3.63) is 0 Å². The summed E-state index contributed by atoms with van der Waals surface area (Å²) >= 11 is 0. The maximum absolute atomic E-state index is 5.71. The molecule has 0 aliphatic carbocycles. The van der Waals surface area contributed by atoms with Gasteiger partial charge < -0.3 is 4.74 Å². The van der Waals surface area contributed by atoms with Gasteiger partial charge in [-0.25, -0.2) is 0 Å². The third-order valence-corrected chi connectivity index (χ3v) is 4.27. The first-order chi connectivity index (χ1) is 9.88. The first kappa shape index (κ1) is 17.5. The van der Waals surface area contributed by atoms with Crippen LogP contribution in [-0.4, -0.2) is 19.0 Å². The van der Waals surface area contributed by atoms with Gasteiger partial charge in [-0.05, 0) is 12.8 Å². The molecule has 0 N–H and O–H groups in total. The quantitative estimate of drug-likeness (QED) is 0.394. The molecule has 1 rings (SSSR count). The van der Waals surface area contributed by atoms with Crippen molar-refractivity contribution in [1.82, 2.24) is 0 Å². The van der Waals surface area contributed by atoms with Gasteiger partial charge in [-0.3, -0.25) is 4.99 Å². The van der Waals surface area contributed by atoms with Crippen LogP contribution in [0.25, 0.3) is 0 Å². The van der Waals surface area contributed by atoms with Gasteiger partial charge in [0.05, 0.1) is 6.54 Å². The summed E-state index contributed by atoms with van der Waals surface area (Å²) in [5, 5.41) is 0. The van der Waals surface area contributed by atoms with Crippen LogP contribution in [0.3, 0.4) is 0 Å². The fourth-order valence-electron chi connectivity index (χ4n) is 2.98. The lowest BCUT2D eigenvalue weighted by molar-refractivity contribution is 0.309. The third kappa shape index (κ3) is 7.91. The van der Waals surface area contributed by atoms with Crippen LogP contribution < -0.4 is 0 Å². The van der Waals surface area contributed by atoms with Gasteiger partial charge in [-0.15, -0.1) is 0 Å². The minimum atomic E-state index is 0.611. The normalized spacial score (nSPS) is 16.0. The summed E-state index contributed by atoms with van der Waals surface area (Å²) in [6, 6.07) is 0. The molecule has 0 radical (unpaired) electrons. The maximum atomic E-state index is 5.71. The van der Waals surface area contributed by atoms with Crippen LogP contribution in [0, 0.1) is 5.92 Å². The Morgan fingerprint density at radius 1 is 0.850 bits per heavy atom. The van der Waals surface area contributed by atoms with Gasteiger partial charge in [-0.2, -0.15) is 0 Å². The van der Waals surface area contributed by atoms with Crippen molar-refractivity contribution in [1.29, 1.82) is 0 Å². The van der Waals surface area contributed by atoms with E-state index >= 15 is 0 Å². The van der Waals surface area contributed by atoms with Gasteiger partial charge in [0.25, 0.3) is 0 Å². The standard InChI is InChI=1S/C18H35NO/c1-3-5-7-8-9-10-12-14-17(13-11-6-4-2)18-19-15-16-20-18/h17H,3-16H2,1-2H3. The minimum absolute atomic E-state index is 0.611. The van der Waals surface area contributed by atoms with E-state index in [0.717, 1.165) is 19.0 Å². The highest BCUT2D eigenvalue weighted by atomic mass is 16.5. The predicted molar refractivity (Wildman–Crippen MR) is 88.5 cm³/mol. The second-order valence-electron chi connectivity index (χ2n) is 6.17. The average molecular weight is 281 g/mol. The van der Waals surface area contributed by atoms with Crippen LogP contribution in [-0.2, 0) is 4.74 Å². The molecule has 1 atom stereocenters. The number of unbranched alkanes of at least 4 members (excludes halogenated alkanes) is 8. The molecule has 1 aliphatic heterocycles. The summed E-state index contributed by atoms with van der Waals surface area (Å²) in [5.41, 5.74) is 0. The molecule has 0 bridgehead atoms. The van der Waals surface area contributed by atoms with Crippen LogP contribution in [0.4, 0.5) is 0 Å². The zero-order valence-electron chi connectivity index (χ0n) is 13.8. The molecule has 0 spiro atoms. The molecule has 0 fully saturated rings. The molecule has 1 heterocycles. The lowest BCUT2D eigenvalue weighted by Crippen LogP contribution is -2.15. The zero-order chi connectivity index (χ0) is 14.5. The van der Waals surface area contributed by atoms with E-state index in [1.54, 1.807) is 0 Å². The molecule has 20 heavy (non-hydrogen) atoms. The smallest absolute Gasteiger partial charge is 0.186 e. The highest BCUT2D eigenvalue weighted by Crippen LogP contribution is 2.22. The van der Waals surface area contributed by atoms with E-state index in [2.05, 4.69) is 18.8 Å². The predicted octanol–water partition coefficient (Wildman–Crippen LogP) is 5.75. The Kier molecular flexibility index (Phi) is 10.7. The fourth-order valence-corrected chi connectivity index (χ4v) is 2.98. The Hall–Kier alpha value is -0.530. The molecule has 1 unspecified atom stereocenters. The molecule has 1 aliphatic rings. The summed E-state index contributed by atoms with van der Waals surface area (Å²) in [6.45, 7) is 6.26. The number of hydrogen-bond acceptors (Lipinski definition) is 2. The summed E-state index contributed by atoms with van der Waals surface area (Å²) < 4.78 is 5.71. The van der Waals surface area contributed by atoms with Gasteiger partial charge >= 0.3 is 0 Å². The number of rotatable bonds is 13. The molecule has 0 aromatic rings. The van der Waals surface area contributed by atoms with Gasteiger partial charge in [-0.1, -0.05) is 78.1 Å². The van der Waals surface area contributed by atoms with Crippen LogP contribution in [0.2, 0.25) is 0 Å². The van der Waals surface area contributed by atoms with E-state index < -0.39 is 0 Å². The van der Waals surface area contributed by atoms with Crippen LogP contribution >= 0.6 is 0 Å². The van der Waals surface area contributed by atoms with E-state index in [0.29, 0.717) is 5.92 Å². The molecule has 0 aromatic carbocycles. The largest absolute Gasteiger partial charge is 0.479 e. The summed E-state index contributed by atoms with van der Waals surface area (Å²) in [7, 11) is 0. The van der Waals surface area contributed by atoms with Gasteiger partial charge in [0.15, 0.2) is 5.90 Å². The lowest BCUT2D eigenvalue weighted by Gasteiger charge is -2.16. The number of ether oxygens (including phenoxy) is 1.